The highest BCUT2D eigenvalue weighted by molar-refractivity contribution is 6.09. The van der Waals surface area contributed by atoms with Crippen molar-refractivity contribution in [1.82, 2.24) is 10.2 Å². The average Bonchev–Trinajstić information content (AvgIpc) is 2.90. The Hall–Kier alpha value is -2.35. The number of carbonyl (C=O) groups excluding carboxylic acids is 2. The first kappa shape index (κ1) is 18.4. The topological polar surface area (TPSA) is 99.3 Å². The van der Waals surface area contributed by atoms with Gasteiger partial charge in [0.25, 0.3) is 11.8 Å². The van der Waals surface area contributed by atoms with Gasteiger partial charge in [-0.1, -0.05) is 25.0 Å². The fourth-order valence-corrected chi connectivity index (χ4v) is 3.57. The summed E-state index contributed by atoms with van der Waals surface area (Å²) in [5.74, 6) is -5.75. The summed E-state index contributed by atoms with van der Waals surface area (Å²) in [4.78, 5) is 25.9. The number of alkyl halides is 2. The molecule has 6 nitrogen and oxygen atoms in total. The molecule has 1 aromatic rings. The van der Waals surface area contributed by atoms with Crippen LogP contribution in [0.1, 0.15) is 54.1 Å². The molecular weight excluding hydrogens is 342 g/mol. The lowest BCUT2D eigenvalue weighted by molar-refractivity contribution is -0.141. The van der Waals surface area contributed by atoms with Gasteiger partial charge in [0.15, 0.2) is 0 Å². The smallest absolute Gasteiger partial charge is 0.322 e. The molecule has 3 rings (SSSR count). The number of nitrogens with two attached hydrogens (primary N) is 1. The van der Waals surface area contributed by atoms with Crippen LogP contribution >= 0.6 is 0 Å². The molecule has 1 aromatic carbocycles. The third-order valence-corrected chi connectivity index (χ3v) is 5.05. The van der Waals surface area contributed by atoms with Crippen molar-refractivity contribution in [2.24, 2.45) is 5.73 Å². The Morgan fingerprint density at radius 1 is 1.35 bits per heavy atom. The summed E-state index contributed by atoms with van der Waals surface area (Å²) in [6.07, 6.45) is 3.85. The summed E-state index contributed by atoms with van der Waals surface area (Å²) in [7, 11) is 0. The fraction of sp³-hybridized carbons (Fsp3) is 0.500. The Kier molecular flexibility index (Phi) is 4.79. The number of halogens is 2. The van der Waals surface area contributed by atoms with Gasteiger partial charge in [0.05, 0.1) is 0 Å². The molecule has 0 bridgehead atoms. The molecule has 0 spiro atoms. The predicted octanol–water partition coefficient (Wildman–Crippen LogP) is 2.01. The van der Waals surface area contributed by atoms with Crippen LogP contribution in [0, 0.1) is 5.41 Å². The number of benzene rings is 1. The van der Waals surface area contributed by atoms with E-state index in [9.17, 15) is 18.4 Å². The number of hydrogen-bond donors (Lipinski definition) is 3. The molecule has 8 heteroatoms. The summed E-state index contributed by atoms with van der Waals surface area (Å²) in [5.41, 5.74) is 7.64. The molecular formula is C18H22F2N4O2. The summed E-state index contributed by atoms with van der Waals surface area (Å²) in [5, 5.41) is 9.71. The van der Waals surface area contributed by atoms with E-state index in [0.717, 1.165) is 31.2 Å². The molecule has 1 aliphatic carbocycles. The quantitative estimate of drug-likeness (QED) is 0.565. The molecule has 1 aliphatic heterocycles. The molecule has 1 fully saturated rings. The van der Waals surface area contributed by atoms with Crippen LogP contribution < -0.4 is 11.1 Å². The number of nitrogens with one attached hydrogen (secondary N) is 2. The van der Waals surface area contributed by atoms with Gasteiger partial charge in [-0.15, -0.1) is 0 Å². The maximum absolute atomic E-state index is 13.0. The standard InChI is InChI=1S/C18H22F2N4O2/c1-18(19,20)17(26)23-15(22)10-6-7-11-9-24(16(25)12(11)8-10)14-5-3-2-4-13(14)21/h6-8,13-14H,2-5,9,21H2,1H3,(H2,22,23,26). The van der Waals surface area contributed by atoms with E-state index < -0.39 is 17.7 Å². The number of fused-ring (bicyclic) bond motifs is 1. The lowest BCUT2D eigenvalue weighted by Crippen LogP contribution is -2.49. The van der Waals surface area contributed by atoms with E-state index in [0.29, 0.717) is 19.0 Å². The van der Waals surface area contributed by atoms with E-state index in [2.05, 4.69) is 0 Å². The second-order valence-corrected chi connectivity index (χ2v) is 7.04. The SMILES string of the molecule is CC(F)(F)C(=O)NC(=N)c1ccc2c(c1)C(=O)N(C1CCCCC1N)C2. The first-order chi connectivity index (χ1) is 12.2. The summed E-state index contributed by atoms with van der Waals surface area (Å²) < 4.78 is 26.0. The largest absolute Gasteiger partial charge is 0.330 e. The molecule has 0 aromatic heterocycles. The van der Waals surface area contributed by atoms with Crippen molar-refractivity contribution >= 4 is 17.6 Å². The van der Waals surface area contributed by atoms with E-state index in [1.807, 2.05) is 5.32 Å². The van der Waals surface area contributed by atoms with Gasteiger partial charge in [0, 0.05) is 36.7 Å². The molecule has 26 heavy (non-hydrogen) atoms. The lowest BCUT2D eigenvalue weighted by atomic mass is 9.90. The molecule has 4 N–H and O–H groups in total. The Labute approximate surface area is 150 Å². The van der Waals surface area contributed by atoms with Crippen molar-refractivity contribution in [1.29, 1.82) is 5.41 Å². The zero-order valence-corrected chi connectivity index (χ0v) is 14.5. The normalized spacial score (nSPS) is 22.9. The summed E-state index contributed by atoms with van der Waals surface area (Å²) >= 11 is 0. The second-order valence-electron chi connectivity index (χ2n) is 7.04. The molecule has 0 saturated heterocycles. The molecule has 2 amide bonds. The van der Waals surface area contributed by atoms with Crippen LogP contribution in [0.15, 0.2) is 18.2 Å². The molecule has 1 saturated carbocycles. The minimum atomic E-state index is -3.58. The van der Waals surface area contributed by atoms with Crippen LogP contribution in [-0.4, -0.2) is 40.6 Å². The number of hydrogen-bond acceptors (Lipinski definition) is 4. The first-order valence-corrected chi connectivity index (χ1v) is 8.66. The minimum absolute atomic E-state index is 0.00922. The van der Waals surface area contributed by atoms with E-state index >= 15 is 0 Å². The Bertz CT molecular complexity index is 760. The van der Waals surface area contributed by atoms with Gasteiger partial charge < -0.3 is 16.0 Å². The van der Waals surface area contributed by atoms with Crippen molar-refractivity contribution in [3.05, 3.63) is 34.9 Å². The third kappa shape index (κ3) is 3.46. The number of carbonyl (C=O) groups is 2. The summed E-state index contributed by atoms with van der Waals surface area (Å²) in [6, 6.07) is 4.66. The van der Waals surface area contributed by atoms with Crippen LogP contribution in [0.25, 0.3) is 0 Å². The zero-order valence-electron chi connectivity index (χ0n) is 14.5. The van der Waals surface area contributed by atoms with E-state index in [4.69, 9.17) is 11.1 Å². The van der Waals surface area contributed by atoms with E-state index in [-0.39, 0.29) is 23.6 Å². The van der Waals surface area contributed by atoms with Crippen molar-refractivity contribution in [2.75, 3.05) is 0 Å². The average molecular weight is 364 g/mol. The molecule has 2 aliphatic rings. The molecule has 0 radical (unpaired) electrons. The highest BCUT2D eigenvalue weighted by atomic mass is 19.3. The number of amides is 2. The number of rotatable bonds is 3. The van der Waals surface area contributed by atoms with Gasteiger partial charge in [0.2, 0.25) is 0 Å². The molecule has 1 heterocycles. The van der Waals surface area contributed by atoms with Crippen LogP contribution in [0.3, 0.4) is 0 Å². The first-order valence-electron chi connectivity index (χ1n) is 8.66. The van der Waals surface area contributed by atoms with Crippen LogP contribution in [-0.2, 0) is 11.3 Å². The van der Waals surface area contributed by atoms with Crippen LogP contribution in [0.2, 0.25) is 0 Å². The fourth-order valence-electron chi connectivity index (χ4n) is 3.57. The second kappa shape index (κ2) is 6.75. The maximum atomic E-state index is 13.0. The van der Waals surface area contributed by atoms with Crippen LogP contribution in [0.5, 0.6) is 0 Å². The lowest BCUT2D eigenvalue weighted by Gasteiger charge is -2.35. The number of nitrogens with zero attached hydrogens (tertiary/aromatic N) is 1. The van der Waals surface area contributed by atoms with Gasteiger partial charge in [0.1, 0.15) is 5.84 Å². The van der Waals surface area contributed by atoms with E-state index in [1.165, 1.54) is 6.07 Å². The van der Waals surface area contributed by atoms with Crippen molar-refractivity contribution in [2.45, 2.75) is 57.2 Å². The van der Waals surface area contributed by atoms with Crippen LogP contribution in [0.4, 0.5) is 8.78 Å². The maximum Gasteiger partial charge on any atom is 0.322 e. The third-order valence-electron chi connectivity index (χ3n) is 5.05. The molecule has 2 unspecified atom stereocenters. The zero-order chi connectivity index (χ0) is 19.1. The minimum Gasteiger partial charge on any atom is -0.330 e. The Morgan fingerprint density at radius 2 is 2.04 bits per heavy atom. The van der Waals surface area contributed by atoms with Gasteiger partial charge in [-0.25, -0.2) is 0 Å². The van der Waals surface area contributed by atoms with Crippen molar-refractivity contribution < 1.29 is 18.4 Å². The molecule has 140 valence electrons. The summed E-state index contributed by atoms with van der Waals surface area (Å²) in [6.45, 7) is 0.923. The Balaban J connectivity index is 1.78. The highest BCUT2D eigenvalue weighted by Crippen LogP contribution is 2.31. The van der Waals surface area contributed by atoms with Gasteiger partial charge in [-0.2, -0.15) is 8.78 Å². The Morgan fingerprint density at radius 3 is 2.69 bits per heavy atom. The monoisotopic (exact) mass is 364 g/mol. The highest BCUT2D eigenvalue weighted by Gasteiger charge is 2.37. The number of amidine groups is 1. The van der Waals surface area contributed by atoms with Crippen molar-refractivity contribution in [3.63, 3.8) is 0 Å². The molecule has 2 atom stereocenters. The van der Waals surface area contributed by atoms with Crippen molar-refractivity contribution in [3.8, 4) is 0 Å². The van der Waals surface area contributed by atoms with E-state index in [1.54, 1.807) is 17.0 Å². The predicted molar refractivity (Wildman–Crippen MR) is 92.1 cm³/mol. The van der Waals surface area contributed by atoms with Gasteiger partial charge in [-0.3, -0.25) is 15.0 Å². The van der Waals surface area contributed by atoms with Gasteiger partial charge in [-0.05, 0) is 24.5 Å². The van der Waals surface area contributed by atoms with Gasteiger partial charge >= 0.3 is 5.92 Å².